The lowest BCUT2D eigenvalue weighted by Gasteiger charge is -2.09. The van der Waals surface area contributed by atoms with Gasteiger partial charge in [0.2, 0.25) is 5.16 Å². The fourth-order valence-electron chi connectivity index (χ4n) is 2.33. The van der Waals surface area contributed by atoms with Gasteiger partial charge in [-0.3, -0.25) is 5.10 Å². The third-order valence-electron chi connectivity index (χ3n) is 3.54. The monoisotopic (exact) mass is 415 g/mol. The van der Waals surface area contributed by atoms with E-state index < -0.39 is 5.97 Å². The molecule has 0 fully saturated rings. The number of carbonyl (C=O) groups is 1. The number of carboxylic acid groups (broad SMARTS) is 1. The van der Waals surface area contributed by atoms with Crippen LogP contribution in [-0.4, -0.2) is 32.4 Å². The summed E-state index contributed by atoms with van der Waals surface area (Å²) in [5, 5.41) is 17.4. The van der Waals surface area contributed by atoms with Gasteiger partial charge in [0.1, 0.15) is 10.7 Å². The first kappa shape index (κ1) is 20.0. The van der Waals surface area contributed by atoms with Gasteiger partial charge < -0.3 is 9.84 Å². The van der Waals surface area contributed by atoms with Crippen LogP contribution in [0.5, 0.6) is 5.75 Å². The summed E-state index contributed by atoms with van der Waals surface area (Å²) in [6.07, 6.45) is 1.65. The highest BCUT2D eigenvalue weighted by Crippen LogP contribution is 2.28. The summed E-state index contributed by atoms with van der Waals surface area (Å²) in [4.78, 5) is 16.1. The van der Waals surface area contributed by atoms with Crippen LogP contribution in [0.4, 0.5) is 0 Å². The van der Waals surface area contributed by atoms with Crippen molar-refractivity contribution < 1.29 is 14.6 Å². The molecule has 0 radical (unpaired) electrons. The summed E-state index contributed by atoms with van der Waals surface area (Å²) in [5.74, 6) is 0.225. The Bertz CT molecular complexity index is 983. The third-order valence-corrected chi connectivity index (χ3v) is 4.67. The van der Waals surface area contributed by atoms with Gasteiger partial charge in [0, 0.05) is 10.6 Å². The van der Waals surface area contributed by atoms with E-state index in [1.165, 1.54) is 0 Å². The average molecular weight is 416 g/mol. The van der Waals surface area contributed by atoms with Crippen molar-refractivity contribution in [2.45, 2.75) is 25.1 Å². The number of aliphatic carboxylic acids is 1. The molecule has 1 heterocycles. The van der Waals surface area contributed by atoms with Gasteiger partial charge in [0.25, 0.3) is 0 Å². The van der Waals surface area contributed by atoms with Crippen molar-refractivity contribution in [2.75, 3.05) is 0 Å². The minimum absolute atomic E-state index is 0.0760. The summed E-state index contributed by atoms with van der Waals surface area (Å²) >= 11 is 6.86. The van der Waals surface area contributed by atoms with Gasteiger partial charge in [-0.25, -0.2) is 9.78 Å². The summed E-state index contributed by atoms with van der Waals surface area (Å²) in [6.45, 7) is 3.89. The van der Waals surface area contributed by atoms with Gasteiger partial charge in [0.15, 0.2) is 5.82 Å². The molecule has 0 unspecified atom stereocenters. The predicted octanol–water partition coefficient (Wildman–Crippen LogP) is 5.13. The first-order chi connectivity index (χ1) is 13.4. The number of ether oxygens (including phenoxy) is 1. The molecule has 28 heavy (non-hydrogen) atoms. The Hall–Kier alpha value is -2.77. The molecule has 0 aliphatic carbocycles. The highest BCUT2D eigenvalue weighted by molar-refractivity contribution is 8.04. The van der Waals surface area contributed by atoms with E-state index in [9.17, 15) is 9.90 Å². The molecule has 0 saturated carbocycles. The van der Waals surface area contributed by atoms with E-state index in [1.807, 2.05) is 26.0 Å². The lowest BCUT2D eigenvalue weighted by atomic mass is 10.2. The number of halogens is 1. The number of rotatable bonds is 7. The number of benzene rings is 2. The second kappa shape index (κ2) is 8.95. The highest BCUT2D eigenvalue weighted by atomic mass is 35.5. The first-order valence-electron chi connectivity index (χ1n) is 8.48. The normalized spacial score (nSPS) is 11.6. The van der Waals surface area contributed by atoms with Gasteiger partial charge >= 0.3 is 5.97 Å². The molecule has 8 heteroatoms. The Labute approximate surface area is 171 Å². The summed E-state index contributed by atoms with van der Waals surface area (Å²) in [7, 11) is 0. The van der Waals surface area contributed by atoms with E-state index in [-0.39, 0.29) is 11.0 Å². The number of nitrogens with one attached hydrogen (secondary N) is 1. The van der Waals surface area contributed by atoms with Crippen LogP contribution in [0.2, 0.25) is 5.02 Å². The Morgan fingerprint density at radius 2 is 1.86 bits per heavy atom. The SMILES string of the molecule is CC(C)Oc1ccc(/C=C(\Sc2n[nH]c(-c3ccc(Cl)cc3)n2)C(=O)O)cc1. The minimum Gasteiger partial charge on any atom is -0.491 e. The summed E-state index contributed by atoms with van der Waals surface area (Å²) in [6, 6.07) is 14.3. The van der Waals surface area contributed by atoms with Crippen LogP contribution in [0.1, 0.15) is 19.4 Å². The van der Waals surface area contributed by atoms with Gasteiger partial charge in [-0.1, -0.05) is 23.7 Å². The van der Waals surface area contributed by atoms with Crippen molar-refractivity contribution in [3.05, 3.63) is 64.0 Å². The Morgan fingerprint density at radius 1 is 1.18 bits per heavy atom. The van der Waals surface area contributed by atoms with Crippen molar-refractivity contribution in [1.82, 2.24) is 15.2 Å². The molecule has 2 N–H and O–H groups in total. The number of thioether (sulfide) groups is 1. The highest BCUT2D eigenvalue weighted by Gasteiger charge is 2.14. The summed E-state index contributed by atoms with van der Waals surface area (Å²) in [5.41, 5.74) is 1.56. The second-order valence-electron chi connectivity index (χ2n) is 6.12. The zero-order valence-corrected chi connectivity index (χ0v) is 16.8. The molecule has 6 nitrogen and oxygen atoms in total. The van der Waals surface area contributed by atoms with Crippen molar-refractivity contribution in [3.8, 4) is 17.1 Å². The molecule has 2 aromatic carbocycles. The van der Waals surface area contributed by atoms with Crippen LogP contribution in [0.25, 0.3) is 17.5 Å². The number of carboxylic acids is 1. The van der Waals surface area contributed by atoms with Crippen LogP contribution >= 0.6 is 23.4 Å². The molecule has 0 bridgehead atoms. The number of hydrogen-bond donors (Lipinski definition) is 2. The van der Waals surface area contributed by atoms with Crippen molar-refractivity contribution >= 4 is 35.4 Å². The van der Waals surface area contributed by atoms with E-state index in [2.05, 4.69) is 15.2 Å². The maximum Gasteiger partial charge on any atom is 0.342 e. The van der Waals surface area contributed by atoms with Crippen molar-refractivity contribution in [3.63, 3.8) is 0 Å². The fourth-order valence-corrected chi connectivity index (χ4v) is 3.16. The second-order valence-corrected chi connectivity index (χ2v) is 7.57. The maximum absolute atomic E-state index is 11.6. The van der Waals surface area contributed by atoms with Gasteiger partial charge in [-0.15, -0.1) is 5.10 Å². The van der Waals surface area contributed by atoms with Gasteiger partial charge in [-0.2, -0.15) is 0 Å². The fraction of sp³-hybridized carbons (Fsp3) is 0.150. The topological polar surface area (TPSA) is 88.1 Å². The first-order valence-corrected chi connectivity index (χ1v) is 9.68. The van der Waals surface area contributed by atoms with Crippen molar-refractivity contribution in [1.29, 1.82) is 0 Å². The molecule has 0 aliphatic rings. The van der Waals surface area contributed by atoms with Crippen LogP contribution in [-0.2, 0) is 4.79 Å². The molecule has 3 rings (SSSR count). The van der Waals surface area contributed by atoms with Crippen LogP contribution in [0.15, 0.2) is 58.6 Å². The zero-order valence-electron chi connectivity index (χ0n) is 15.2. The van der Waals surface area contributed by atoms with E-state index >= 15 is 0 Å². The van der Waals surface area contributed by atoms with E-state index in [0.717, 1.165) is 28.6 Å². The molecular weight excluding hydrogens is 398 g/mol. The average Bonchev–Trinajstić information content (AvgIpc) is 3.11. The molecule has 0 saturated heterocycles. The number of aromatic amines is 1. The van der Waals surface area contributed by atoms with Crippen LogP contribution < -0.4 is 4.74 Å². The molecule has 1 aromatic heterocycles. The molecule has 0 aliphatic heterocycles. The minimum atomic E-state index is -1.05. The molecule has 144 valence electrons. The molecule has 0 amide bonds. The lowest BCUT2D eigenvalue weighted by molar-refractivity contribution is -0.131. The number of nitrogens with zero attached hydrogens (tertiary/aromatic N) is 2. The standard InChI is InChI=1S/C20H18ClN3O3S/c1-12(2)27-16-9-3-13(4-10-16)11-17(19(25)26)28-20-22-18(23-24-20)14-5-7-15(21)8-6-14/h3-12H,1-2H3,(H,25,26)(H,22,23,24)/b17-11-. The van der Waals surface area contributed by atoms with Gasteiger partial charge in [-0.05, 0) is 73.6 Å². The number of aromatic nitrogens is 3. The molecule has 0 spiro atoms. The van der Waals surface area contributed by atoms with Crippen LogP contribution in [0, 0.1) is 0 Å². The molecule has 3 aromatic rings. The number of hydrogen-bond acceptors (Lipinski definition) is 5. The van der Waals surface area contributed by atoms with E-state index in [1.54, 1.807) is 42.5 Å². The largest absolute Gasteiger partial charge is 0.491 e. The predicted molar refractivity (Wildman–Crippen MR) is 111 cm³/mol. The Balaban J connectivity index is 1.77. The van der Waals surface area contributed by atoms with E-state index in [4.69, 9.17) is 16.3 Å². The van der Waals surface area contributed by atoms with Crippen molar-refractivity contribution in [2.24, 2.45) is 0 Å². The smallest absolute Gasteiger partial charge is 0.342 e. The van der Waals surface area contributed by atoms with E-state index in [0.29, 0.717) is 16.0 Å². The third kappa shape index (κ3) is 5.37. The molecular formula is C20H18ClN3O3S. The maximum atomic E-state index is 11.6. The zero-order chi connectivity index (χ0) is 20.1. The van der Waals surface area contributed by atoms with Gasteiger partial charge in [0.05, 0.1) is 6.10 Å². The summed E-state index contributed by atoms with van der Waals surface area (Å²) < 4.78 is 5.59. The Morgan fingerprint density at radius 3 is 2.46 bits per heavy atom. The quantitative estimate of drug-likeness (QED) is 0.410. The number of H-pyrrole nitrogens is 1. The Kier molecular flexibility index (Phi) is 6.38. The lowest BCUT2D eigenvalue weighted by Crippen LogP contribution is -2.05. The molecule has 0 atom stereocenters. The van der Waals surface area contributed by atoms with Crippen LogP contribution in [0.3, 0.4) is 0 Å².